The second-order valence-electron chi connectivity index (χ2n) is 1.62. The third-order valence-electron chi connectivity index (χ3n) is 0.913. The molecule has 4 nitrogen and oxygen atoms in total. The van der Waals surface area contributed by atoms with Crippen molar-refractivity contribution in [3.63, 3.8) is 0 Å². The topological polar surface area (TPSA) is 72.5 Å². The van der Waals surface area contributed by atoms with Crippen LogP contribution in [0.3, 0.4) is 0 Å². The fraction of sp³-hybridized carbons (Fsp3) is 0.800. The quantitative estimate of drug-likeness (QED) is 0.478. The molecule has 0 aliphatic heterocycles. The van der Waals surface area contributed by atoms with Crippen molar-refractivity contribution in [3.8, 4) is 0 Å². The van der Waals surface area contributed by atoms with E-state index in [4.69, 9.17) is 10.8 Å². The first-order valence-corrected chi connectivity index (χ1v) is 2.68. The molecule has 0 fully saturated rings. The van der Waals surface area contributed by atoms with Crippen LogP contribution in [-0.2, 0) is 9.53 Å². The number of hydrogen-bond acceptors (Lipinski definition) is 4. The van der Waals surface area contributed by atoms with Crippen LogP contribution in [0.5, 0.6) is 0 Å². The van der Waals surface area contributed by atoms with Gasteiger partial charge in [-0.2, -0.15) is 0 Å². The maximum Gasteiger partial charge on any atom is 0.334 e. The average molecular weight is 133 g/mol. The first-order chi connectivity index (χ1) is 4.22. The zero-order chi connectivity index (χ0) is 7.28. The molecule has 0 spiro atoms. The Hall–Kier alpha value is -0.610. The Labute approximate surface area is 53.6 Å². The highest BCUT2D eigenvalue weighted by Gasteiger charge is 2.12. The van der Waals surface area contributed by atoms with Gasteiger partial charge in [0.05, 0.1) is 7.11 Å². The van der Waals surface area contributed by atoms with E-state index in [2.05, 4.69) is 4.74 Å². The van der Waals surface area contributed by atoms with Gasteiger partial charge in [-0.1, -0.05) is 0 Å². The maximum atomic E-state index is 10.4. The van der Waals surface area contributed by atoms with Crippen molar-refractivity contribution in [2.45, 2.75) is 12.5 Å². The number of carbonyl (C=O) groups excluding carboxylic acids is 1. The predicted molar refractivity (Wildman–Crippen MR) is 31.7 cm³/mol. The summed E-state index contributed by atoms with van der Waals surface area (Å²) in [5.74, 6) is -0.625. The summed E-state index contributed by atoms with van der Waals surface area (Å²) < 4.78 is 4.22. The minimum absolute atomic E-state index is 0.257. The molecule has 1 atom stereocenters. The summed E-state index contributed by atoms with van der Waals surface area (Å²) in [6, 6.07) is 0. The molecule has 0 heterocycles. The molecule has 4 heteroatoms. The number of nitrogens with two attached hydrogens (primary N) is 1. The maximum absolute atomic E-state index is 10.4. The normalized spacial score (nSPS) is 12.8. The fourth-order valence-electron chi connectivity index (χ4n) is 0.412. The fourth-order valence-corrected chi connectivity index (χ4v) is 0.412. The van der Waals surface area contributed by atoms with E-state index in [0.717, 1.165) is 0 Å². The van der Waals surface area contributed by atoms with Gasteiger partial charge in [-0.3, -0.25) is 0 Å². The molecule has 0 aliphatic rings. The van der Waals surface area contributed by atoms with Gasteiger partial charge < -0.3 is 15.6 Å². The zero-order valence-corrected chi connectivity index (χ0v) is 5.33. The first-order valence-electron chi connectivity index (χ1n) is 2.68. The molecule has 0 aliphatic carbocycles. The second-order valence-corrected chi connectivity index (χ2v) is 1.62. The Morgan fingerprint density at radius 1 is 1.89 bits per heavy atom. The number of hydrogen-bond donors (Lipinski definition) is 2. The summed E-state index contributed by atoms with van der Waals surface area (Å²) in [5, 5.41) is 8.76. The van der Waals surface area contributed by atoms with Crippen LogP contribution in [0.15, 0.2) is 0 Å². The number of carbonyl (C=O) groups is 1. The zero-order valence-electron chi connectivity index (χ0n) is 5.33. The lowest BCUT2D eigenvalue weighted by Crippen LogP contribution is -2.24. The second kappa shape index (κ2) is 4.29. The van der Waals surface area contributed by atoms with Crippen molar-refractivity contribution in [2.75, 3.05) is 13.7 Å². The number of aliphatic hydroxyl groups is 1. The van der Waals surface area contributed by atoms with E-state index >= 15 is 0 Å². The molecule has 0 aromatic carbocycles. The van der Waals surface area contributed by atoms with Gasteiger partial charge in [-0.05, 0) is 13.0 Å². The number of ether oxygens (including phenoxy) is 1. The van der Waals surface area contributed by atoms with Crippen LogP contribution in [-0.4, -0.2) is 30.8 Å². The highest BCUT2D eigenvalue weighted by molar-refractivity contribution is 5.74. The molecule has 0 saturated heterocycles. The molecule has 0 amide bonds. The average Bonchev–Trinajstić information content (AvgIpc) is 1.87. The van der Waals surface area contributed by atoms with Crippen molar-refractivity contribution < 1.29 is 14.6 Å². The van der Waals surface area contributed by atoms with E-state index < -0.39 is 12.1 Å². The van der Waals surface area contributed by atoms with Crippen molar-refractivity contribution in [2.24, 2.45) is 5.73 Å². The molecule has 54 valence electrons. The van der Waals surface area contributed by atoms with Crippen LogP contribution in [0.25, 0.3) is 0 Å². The highest BCUT2D eigenvalue weighted by atomic mass is 16.5. The Kier molecular flexibility index (Phi) is 4.00. The summed E-state index contributed by atoms with van der Waals surface area (Å²) >= 11 is 0. The number of aliphatic hydroxyl groups excluding tert-OH is 1. The molecule has 0 saturated carbocycles. The van der Waals surface area contributed by atoms with Gasteiger partial charge in [0, 0.05) is 0 Å². The van der Waals surface area contributed by atoms with E-state index in [-0.39, 0.29) is 13.0 Å². The SMILES string of the molecule is COC(=O)[C@@H](O)CCN. The third kappa shape index (κ3) is 3.05. The van der Waals surface area contributed by atoms with E-state index in [1.807, 2.05) is 0 Å². The Bertz CT molecular complexity index is 94.2. The smallest absolute Gasteiger partial charge is 0.334 e. The summed E-state index contributed by atoms with van der Waals surface area (Å²) in [7, 11) is 1.22. The summed E-state index contributed by atoms with van der Waals surface area (Å²) in [4.78, 5) is 10.4. The lowest BCUT2D eigenvalue weighted by atomic mass is 10.2. The van der Waals surface area contributed by atoms with Gasteiger partial charge in [-0.25, -0.2) is 4.79 Å². The minimum Gasteiger partial charge on any atom is -0.467 e. The molecular weight excluding hydrogens is 122 g/mol. The van der Waals surface area contributed by atoms with Gasteiger partial charge in [0.25, 0.3) is 0 Å². The summed E-state index contributed by atoms with van der Waals surface area (Å²) in [6.45, 7) is 0.288. The molecule has 0 aromatic heterocycles. The molecule has 0 rings (SSSR count). The number of esters is 1. The van der Waals surface area contributed by atoms with E-state index in [1.54, 1.807) is 0 Å². The molecule has 0 aromatic rings. The summed E-state index contributed by atoms with van der Waals surface area (Å²) in [5.41, 5.74) is 5.05. The minimum atomic E-state index is -1.06. The standard InChI is InChI=1S/C5H11NO3/c1-9-5(8)4(7)2-3-6/h4,7H,2-3,6H2,1H3/t4-/m0/s1. The van der Waals surface area contributed by atoms with Gasteiger partial charge in [-0.15, -0.1) is 0 Å². The lowest BCUT2D eigenvalue weighted by Gasteiger charge is -2.04. The van der Waals surface area contributed by atoms with Crippen LogP contribution in [0, 0.1) is 0 Å². The largest absolute Gasteiger partial charge is 0.467 e. The Morgan fingerprint density at radius 3 is 2.78 bits per heavy atom. The van der Waals surface area contributed by atoms with E-state index in [1.165, 1.54) is 7.11 Å². The van der Waals surface area contributed by atoms with Crippen LogP contribution < -0.4 is 5.73 Å². The molecule has 3 N–H and O–H groups in total. The van der Waals surface area contributed by atoms with Crippen LogP contribution in [0.1, 0.15) is 6.42 Å². The van der Waals surface area contributed by atoms with Crippen LogP contribution in [0.4, 0.5) is 0 Å². The van der Waals surface area contributed by atoms with E-state index in [9.17, 15) is 4.79 Å². The molecule has 0 unspecified atom stereocenters. The highest BCUT2D eigenvalue weighted by Crippen LogP contribution is 1.90. The van der Waals surface area contributed by atoms with Gasteiger partial charge in [0.2, 0.25) is 0 Å². The van der Waals surface area contributed by atoms with Crippen LogP contribution >= 0.6 is 0 Å². The van der Waals surface area contributed by atoms with Crippen molar-refractivity contribution in [1.82, 2.24) is 0 Å². The van der Waals surface area contributed by atoms with Gasteiger partial charge in [0.1, 0.15) is 0 Å². The molecule has 0 bridgehead atoms. The van der Waals surface area contributed by atoms with Gasteiger partial charge in [0.15, 0.2) is 6.10 Å². The first kappa shape index (κ1) is 8.39. The summed E-state index contributed by atoms with van der Waals surface area (Å²) in [6.07, 6.45) is -0.799. The molecule has 0 radical (unpaired) electrons. The Morgan fingerprint density at radius 2 is 2.44 bits per heavy atom. The Balaban J connectivity index is 3.45. The number of methoxy groups -OCH3 is 1. The molecular formula is C5H11NO3. The monoisotopic (exact) mass is 133 g/mol. The predicted octanol–water partition coefficient (Wildman–Crippen LogP) is -1.13. The van der Waals surface area contributed by atoms with Crippen molar-refractivity contribution in [3.05, 3.63) is 0 Å². The van der Waals surface area contributed by atoms with Crippen molar-refractivity contribution >= 4 is 5.97 Å². The molecule has 9 heavy (non-hydrogen) atoms. The third-order valence-corrected chi connectivity index (χ3v) is 0.913. The van der Waals surface area contributed by atoms with Crippen molar-refractivity contribution in [1.29, 1.82) is 0 Å². The van der Waals surface area contributed by atoms with Crippen LogP contribution in [0.2, 0.25) is 0 Å². The lowest BCUT2D eigenvalue weighted by molar-refractivity contribution is -0.150. The number of rotatable bonds is 3. The van der Waals surface area contributed by atoms with E-state index in [0.29, 0.717) is 0 Å². The van der Waals surface area contributed by atoms with Gasteiger partial charge >= 0.3 is 5.97 Å².